The van der Waals surface area contributed by atoms with Gasteiger partial charge in [-0.05, 0) is 43.4 Å². The van der Waals surface area contributed by atoms with Crippen molar-refractivity contribution in [3.8, 4) is 0 Å². The van der Waals surface area contributed by atoms with Crippen molar-refractivity contribution >= 4 is 23.9 Å². The Morgan fingerprint density at radius 3 is 2.02 bits per heavy atom. The van der Waals surface area contributed by atoms with Crippen molar-refractivity contribution in [3.63, 3.8) is 0 Å². The predicted molar refractivity (Wildman–Crippen MR) is 157 cm³/mol. The minimum Gasteiger partial charge on any atom is -0.447 e. The third kappa shape index (κ3) is 7.11. The number of amides is 3. The molecular formula is C32H37N5O4. The molecule has 0 radical (unpaired) electrons. The lowest BCUT2D eigenvalue weighted by atomic mass is 9.82. The highest BCUT2D eigenvalue weighted by Gasteiger charge is 2.51. The molecule has 1 aliphatic heterocycles. The molecule has 1 saturated heterocycles. The molecule has 9 heteroatoms. The van der Waals surface area contributed by atoms with E-state index in [9.17, 15) is 14.4 Å². The lowest BCUT2D eigenvalue weighted by Crippen LogP contribution is -2.48. The maximum atomic E-state index is 13.9. The molecule has 214 valence electrons. The van der Waals surface area contributed by atoms with Crippen molar-refractivity contribution < 1.29 is 19.1 Å². The first-order valence-electron chi connectivity index (χ1n) is 13.9. The number of benzene rings is 3. The maximum Gasteiger partial charge on any atom is 0.408 e. The fourth-order valence-corrected chi connectivity index (χ4v) is 4.93. The maximum absolute atomic E-state index is 13.9. The second-order valence-electron chi connectivity index (χ2n) is 10.3. The summed E-state index contributed by atoms with van der Waals surface area (Å²) in [5, 5.41) is 17.3. The number of guanidine groups is 1. The van der Waals surface area contributed by atoms with E-state index in [0.29, 0.717) is 32.4 Å². The molecule has 3 aromatic carbocycles. The molecular weight excluding hydrogens is 518 g/mol. The van der Waals surface area contributed by atoms with Gasteiger partial charge in [-0.1, -0.05) is 91.0 Å². The second-order valence-corrected chi connectivity index (χ2v) is 10.3. The molecule has 0 spiro atoms. The molecule has 0 saturated carbocycles. The summed E-state index contributed by atoms with van der Waals surface area (Å²) in [4.78, 5) is 40.5. The van der Waals surface area contributed by atoms with E-state index in [1.165, 1.54) is 4.90 Å². The lowest BCUT2D eigenvalue weighted by molar-refractivity contribution is -0.130. The van der Waals surface area contributed by atoms with Gasteiger partial charge in [0.15, 0.2) is 11.5 Å². The fourth-order valence-electron chi connectivity index (χ4n) is 4.93. The number of nitrogens with zero attached hydrogens (tertiary/aromatic N) is 1. The smallest absolute Gasteiger partial charge is 0.408 e. The summed E-state index contributed by atoms with van der Waals surface area (Å²) in [6.45, 7) is 4.18. The number of alkyl carbamates (subject to hydrolysis) is 1. The Labute approximate surface area is 240 Å². The molecule has 1 aliphatic rings. The Bertz CT molecular complexity index is 1290. The fraction of sp³-hybridized carbons (Fsp3) is 0.312. The molecule has 4 N–H and O–H groups in total. The SMILES string of the molecule is CC(C)OC(=O)N[C@@H](Cc1ccccc1)C(=O)NCCCCN1C(=N)NC(c2ccccc2)(c2ccccc2)C1=O. The minimum absolute atomic E-state index is 0.0440. The molecule has 1 heterocycles. The number of unbranched alkanes of at least 4 members (excludes halogenated alkanes) is 1. The van der Waals surface area contributed by atoms with E-state index in [4.69, 9.17) is 10.1 Å². The van der Waals surface area contributed by atoms with Crippen LogP contribution in [-0.4, -0.2) is 54.0 Å². The van der Waals surface area contributed by atoms with E-state index < -0.39 is 17.7 Å². The van der Waals surface area contributed by atoms with Gasteiger partial charge in [0.25, 0.3) is 5.91 Å². The van der Waals surface area contributed by atoms with Crippen molar-refractivity contribution in [2.45, 2.75) is 50.8 Å². The van der Waals surface area contributed by atoms with Crippen LogP contribution in [0.1, 0.15) is 43.4 Å². The number of hydrogen-bond donors (Lipinski definition) is 4. The van der Waals surface area contributed by atoms with Crippen LogP contribution in [0.25, 0.3) is 0 Å². The molecule has 9 nitrogen and oxygen atoms in total. The number of rotatable bonds is 12. The van der Waals surface area contributed by atoms with Gasteiger partial charge in [0, 0.05) is 19.5 Å². The lowest BCUT2D eigenvalue weighted by Gasteiger charge is -2.28. The quantitative estimate of drug-likeness (QED) is 0.252. The molecule has 4 rings (SSSR count). The van der Waals surface area contributed by atoms with E-state index >= 15 is 0 Å². The monoisotopic (exact) mass is 555 g/mol. The summed E-state index contributed by atoms with van der Waals surface area (Å²) in [6.07, 6.45) is 0.531. The first-order chi connectivity index (χ1) is 19.8. The van der Waals surface area contributed by atoms with E-state index in [0.717, 1.165) is 16.7 Å². The van der Waals surface area contributed by atoms with E-state index in [1.54, 1.807) is 13.8 Å². The summed E-state index contributed by atoms with van der Waals surface area (Å²) in [5.41, 5.74) is 1.28. The van der Waals surface area contributed by atoms with Crippen LogP contribution < -0.4 is 16.0 Å². The Kier molecular flexibility index (Phi) is 9.73. The molecule has 0 aliphatic carbocycles. The summed E-state index contributed by atoms with van der Waals surface area (Å²) in [7, 11) is 0. The molecule has 0 aromatic heterocycles. The Morgan fingerprint density at radius 1 is 0.902 bits per heavy atom. The average molecular weight is 556 g/mol. The first-order valence-corrected chi connectivity index (χ1v) is 13.9. The summed E-state index contributed by atoms with van der Waals surface area (Å²) < 4.78 is 5.18. The van der Waals surface area contributed by atoms with Crippen molar-refractivity contribution in [1.29, 1.82) is 5.41 Å². The highest BCUT2D eigenvalue weighted by Crippen LogP contribution is 2.35. The summed E-state index contributed by atoms with van der Waals surface area (Å²) in [6, 6.07) is 27.5. The standard InChI is InChI=1S/C32H37N5O4/c1-23(2)41-31(40)35-27(22-24-14-6-3-7-15-24)28(38)34-20-12-13-21-37-29(39)32(36-30(37)33,25-16-8-4-9-17-25)26-18-10-5-11-19-26/h3-11,14-19,23,27H,12-13,20-22H2,1-2H3,(H2,33,36)(H,34,38)(H,35,40)/t27-/m0/s1. The Balaban J connectivity index is 1.35. The third-order valence-electron chi connectivity index (χ3n) is 6.90. The topological polar surface area (TPSA) is 124 Å². The van der Waals surface area contributed by atoms with Crippen LogP contribution in [0.5, 0.6) is 0 Å². The zero-order valence-electron chi connectivity index (χ0n) is 23.4. The van der Waals surface area contributed by atoms with Gasteiger partial charge in [-0.3, -0.25) is 19.9 Å². The minimum atomic E-state index is -1.17. The van der Waals surface area contributed by atoms with Crippen LogP contribution in [0.4, 0.5) is 4.79 Å². The number of nitrogens with one attached hydrogen (secondary N) is 4. The van der Waals surface area contributed by atoms with Gasteiger partial charge in [0.2, 0.25) is 5.91 Å². The highest BCUT2D eigenvalue weighted by atomic mass is 16.6. The van der Waals surface area contributed by atoms with Crippen molar-refractivity contribution in [1.82, 2.24) is 20.9 Å². The van der Waals surface area contributed by atoms with Crippen LogP contribution in [0.15, 0.2) is 91.0 Å². The number of hydrogen-bond acceptors (Lipinski definition) is 5. The van der Waals surface area contributed by atoms with Gasteiger partial charge >= 0.3 is 6.09 Å². The third-order valence-corrected chi connectivity index (χ3v) is 6.90. The number of carbonyl (C=O) groups is 3. The molecule has 3 amide bonds. The summed E-state index contributed by atoms with van der Waals surface area (Å²) in [5.74, 6) is -0.476. The van der Waals surface area contributed by atoms with Gasteiger partial charge in [0.05, 0.1) is 6.10 Å². The van der Waals surface area contributed by atoms with Crippen LogP contribution in [-0.2, 0) is 26.3 Å². The van der Waals surface area contributed by atoms with Gasteiger partial charge in [0.1, 0.15) is 6.04 Å². The Morgan fingerprint density at radius 2 is 1.46 bits per heavy atom. The zero-order chi connectivity index (χ0) is 29.2. The average Bonchev–Trinajstić information content (AvgIpc) is 3.23. The molecule has 3 aromatic rings. The molecule has 0 bridgehead atoms. The first kappa shape index (κ1) is 29.3. The van der Waals surface area contributed by atoms with E-state index in [1.807, 2.05) is 91.0 Å². The normalized spacial score (nSPS) is 14.9. The zero-order valence-corrected chi connectivity index (χ0v) is 23.4. The van der Waals surface area contributed by atoms with Crippen LogP contribution in [0.2, 0.25) is 0 Å². The summed E-state index contributed by atoms with van der Waals surface area (Å²) >= 11 is 0. The highest BCUT2D eigenvalue weighted by molar-refractivity contribution is 6.10. The van der Waals surface area contributed by atoms with Crippen molar-refractivity contribution in [2.75, 3.05) is 13.1 Å². The van der Waals surface area contributed by atoms with Gasteiger partial charge < -0.3 is 20.7 Å². The molecule has 1 atom stereocenters. The second kappa shape index (κ2) is 13.6. The molecule has 41 heavy (non-hydrogen) atoms. The van der Waals surface area contributed by atoms with Crippen molar-refractivity contribution in [2.24, 2.45) is 0 Å². The number of ether oxygens (including phenoxy) is 1. The van der Waals surface area contributed by atoms with Crippen LogP contribution in [0.3, 0.4) is 0 Å². The van der Waals surface area contributed by atoms with Crippen LogP contribution >= 0.6 is 0 Å². The predicted octanol–water partition coefficient (Wildman–Crippen LogP) is 3.94. The van der Waals surface area contributed by atoms with Gasteiger partial charge in [-0.2, -0.15) is 0 Å². The van der Waals surface area contributed by atoms with Crippen LogP contribution in [0, 0.1) is 5.41 Å². The Hall–Kier alpha value is -4.66. The van der Waals surface area contributed by atoms with Gasteiger partial charge in [-0.25, -0.2) is 4.79 Å². The largest absolute Gasteiger partial charge is 0.447 e. The molecule has 0 unspecified atom stereocenters. The van der Waals surface area contributed by atoms with Crippen molar-refractivity contribution in [3.05, 3.63) is 108 Å². The van der Waals surface area contributed by atoms with E-state index in [2.05, 4.69) is 16.0 Å². The molecule has 1 fully saturated rings. The number of carbonyl (C=O) groups excluding carboxylic acids is 3. The van der Waals surface area contributed by atoms with Gasteiger partial charge in [-0.15, -0.1) is 0 Å². The van der Waals surface area contributed by atoms with E-state index in [-0.39, 0.29) is 23.9 Å².